The number of rotatable bonds is 3. The van der Waals surface area contributed by atoms with Gasteiger partial charge in [0.2, 0.25) is 0 Å². The molecule has 1 N–H and O–H groups in total. The van der Waals surface area contributed by atoms with Crippen LogP contribution in [0.4, 0.5) is 0 Å². The second-order valence-electron chi connectivity index (χ2n) is 4.99. The summed E-state index contributed by atoms with van der Waals surface area (Å²) in [6.07, 6.45) is 5.64. The molecule has 2 atom stereocenters. The maximum atomic E-state index is 4.66. The van der Waals surface area contributed by atoms with Gasteiger partial charge in [0.1, 0.15) is 0 Å². The van der Waals surface area contributed by atoms with E-state index in [1.54, 1.807) is 0 Å². The first-order valence-electron chi connectivity index (χ1n) is 6.19. The molecule has 2 rings (SSSR count). The van der Waals surface area contributed by atoms with Crippen molar-refractivity contribution in [1.29, 1.82) is 0 Å². The molecular formula is C12H22N2S. The van der Waals surface area contributed by atoms with E-state index in [1.165, 1.54) is 36.6 Å². The van der Waals surface area contributed by atoms with Crippen LogP contribution in [0, 0.1) is 11.8 Å². The molecule has 0 amide bonds. The Hall–Kier alpha value is -0.180. The topological polar surface area (TPSA) is 24.4 Å². The standard InChI is InChI=1S/C12H22N2S/c1-9-8-15-12(14-10(9)2)13-7-6-11-4-3-5-11/h9-11H,3-8H2,1-2H3,(H,13,14). The van der Waals surface area contributed by atoms with Gasteiger partial charge in [0.05, 0.1) is 0 Å². The predicted molar refractivity (Wildman–Crippen MR) is 68.5 cm³/mol. The molecule has 0 aromatic carbocycles. The zero-order chi connectivity index (χ0) is 10.7. The second-order valence-corrected chi connectivity index (χ2v) is 6.00. The van der Waals surface area contributed by atoms with E-state index in [9.17, 15) is 0 Å². The monoisotopic (exact) mass is 226 g/mol. The van der Waals surface area contributed by atoms with Gasteiger partial charge in [-0.05, 0) is 25.2 Å². The Morgan fingerprint density at radius 3 is 2.80 bits per heavy atom. The fourth-order valence-corrected chi connectivity index (χ4v) is 3.12. The van der Waals surface area contributed by atoms with E-state index in [1.807, 2.05) is 11.8 Å². The summed E-state index contributed by atoms with van der Waals surface area (Å²) in [5.41, 5.74) is 0. The van der Waals surface area contributed by atoms with Crippen LogP contribution >= 0.6 is 11.8 Å². The van der Waals surface area contributed by atoms with Crippen LogP contribution in [0.1, 0.15) is 39.5 Å². The first-order valence-corrected chi connectivity index (χ1v) is 7.18. The van der Waals surface area contributed by atoms with Crippen LogP contribution in [0.2, 0.25) is 0 Å². The molecule has 15 heavy (non-hydrogen) atoms. The summed E-state index contributed by atoms with van der Waals surface area (Å²) in [4.78, 5) is 4.66. The molecule has 0 radical (unpaired) electrons. The van der Waals surface area contributed by atoms with Gasteiger partial charge in [-0.25, -0.2) is 0 Å². The van der Waals surface area contributed by atoms with Crippen molar-refractivity contribution in [3.05, 3.63) is 0 Å². The van der Waals surface area contributed by atoms with Crippen molar-refractivity contribution >= 4 is 16.9 Å². The molecule has 86 valence electrons. The van der Waals surface area contributed by atoms with Crippen LogP contribution in [0.5, 0.6) is 0 Å². The molecule has 0 aromatic heterocycles. The maximum Gasteiger partial charge on any atom is 0.156 e. The van der Waals surface area contributed by atoms with E-state index in [4.69, 9.17) is 0 Å². The molecular weight excluding hydrogens is 204 g/mol. The number of amidine groups is 1. The van der Waals surface area contributed by atoms with Crippen molar-refractivity contribution in [2.24, 2.45) is 16.8 Å². The van der Waals surface area contributed by atoms with Gasteiger partial charge in [0.15, 0.2) is 5.17 Å². The summed E-state index contributed by atoms with van der Waals surface area (Å²) in [6.45, 7) is 5.59. The van der Waals surface area contributed by atoms with E-state index in [2.05, 4.69) is 24.2 Å². The lowest BCUT2D eigenvalue weighted by atomic mass is 9.83. The van der Waals surface area contributed by atoms with Gasteiger partial charge in [0.25, 0.3) is 0 Å². The fourth-order valence-electron chi connectivity index (χ4n) is 1.95. The lowest BCUT2D eigenvalue weighted by molar-refractivity contribution is 0.300. The van der Waals surface area contributed by atoms with Crippen molar-refractivity contribution in [3.8, 4) is 0 Å². The lowest BCUT2D eigenvalue weighted by Gasteiger charge is -2.28. The van der Waals surface area contributed by atoms with Crippen LogP contribution in [-0.4, -0.2) is 23.5 Å². The normalized spacial score (nSPS) is 34.9. The zero-order valence-electron chi connectivity index (χ0n) is 9.83. The first kappa shape index (κ1) is 11.3. The van der Waals surface area contributed by atoms with Crippen LogP contribution in [0.15, 0.2) is 4.99 Å². The van der Waals surface area contributed by atoms with E-state index >= 15 is 0 Å². The van der Waals surface area contributed by atoms with Crippen LogP contribution in [0.25, 0.3) is 0 Å². The molecule has 1 aliphatic heterocycles. The Balaban J connectivity index is 1.70. The lowest BCUT2D eigenvalue weighted by Crippen LogP contribution is -2.41. The molecule has 1 saturated carbocycles. The highest BCUT2D eigenvalue weighted by atomic mass is 32.2. The molecule has 2 fully saturated rings. The molecule has 2 aliphatic rings. The Morgan fingerprint density at radius 1 is 1.40 bits per heavy atom. The Kier molecular flexibility index (Phi) is 3.95. The summed E-state index contributed by atoms with van der Waals surface area (Å²) in [7, 11) is 0. The van der Waals surface area contributed by atoms with Gasteiger partial charge in [-0.3, -0.25) is 4.99 Å². The van der Waals surface area contributed by atoms with Crippen LogP contribution in [-0.2, 0) is 0 Å². The predicted octanol–water partition coefficient (Wildman–Crippen LogP) is 2.89. The number of thioether (sulfide) groups is 1. The molecule has 1 aliphatic carbocycles. The minimum Gasteiger partial charge on any atom is -0.362 e. The van der Waals surface area contributed by atoms with Crippen molar-refractivity contribution in [2.45, 2.75) is 45.6 Å². The number of nitrogens with one attached hydrogen (secondary N) is 1. The molecule has 1 heterocycles. The third-order valence-electron chi connectivity index (χ3n) is 3.71. The molecule has 1 saturated heterocycles. The highest BCUT2D eigenvalue weighted by Gasteiger charge is 2.21. The van der Waals surface area contributed by atoms with Crippen molar-refractivity contribution in [2.75, 3.05) is 12.3 Å². The van der Waals surface area contributed by atoms with Gasteiger partial charge < -0.3 is 5.32 Å². The second kappa shape index (κ2) is 5.24. The molecule has 0 bridgehead atoms. The van der Waals surface area contributed by atoms with Crippen molar-refractivity contribution in [1.82, 2.24) is 5.32 Å². The Morgan fingerprint density at radius 2 is 2.20 bits per heavy atom. The molecule has 2 unspecified atom stereocenters. The van der Waals surface area contributed by atoms with E-state index in [0.29, 0.717) is 6.04 Å². The van der Waals surface area contributed by atoms with Gasteiger partial charge in [0, 0.05) is 18.3 Å². The minimum atomic E-state index is 0.591. The molecule has 2 nitrogen and oxygen atoms in total. The van der Waals surface area contributed by atoms with Crippen molar-refractivity contribution in [3.63, 3.8) is 0 Å². The summed E-state index contributed by atoms with van der Waals surface area (Å²) < 4.78 is 0. The largest absolute Gasteiger partial charge is 0.362 e. The first-order chi connectivity index (χ1) is 7.25. The third-order valence-corrected chi connectivity index (χ3v) is 4.92. The highest BCUT2D eigenvalue weighted by Crippen LogP contribution is 2.29. The SMILES string of the molecule is CC1CSC(=NCCC2CCC2)NC1C. The number of nitrogens with zero attached hydrogens (tertiary/aromatic N) is 1. The molecule has 0 spiro atoms. The van der Waals surface area contributed by atoms with E-state index in [0.717, 1.165) is 18.4 Å². The Bertz CT molecular complexity index is 236. The number of hydrogen-bond acceptors (Lipinski definition) is 2. The Labute approximate surface area is 97.3 Å². The summed E-state index contributed by atoms with van der Waals surface area (Å²) in [5.74, 6) is 2.97. The summed E-state index contributed by atoms with van der Waals surface area (Å²) >= 11 is 1.89. The van der Waals surface area contributed by atoms with Gasteiger partial charge in [-0.2, -0.15) is 0 Å². The maximum absolute atomic E-state index is 4.66. The number of aliphatic imine (C=N–C) groups is 1. The smallest absolute Gasteiger partial charge is 0.156 e. The van der Waals surface area contributed by atoms with E-state index < -0.39 is 0 Å². The zero-order valence-corrected chi connectivity index (χ0v) is 10.6. The van der Waals surface area contributed by atoms with Crippen molar-refractivity contribution < 1.29 is 0 Å². The number of hydrogen-bond donors (Lipinski definition) is 1. The molecule has 0 aromatic rings. The van der Waals surface area contributed by atoms with Crippen LogP contribution < -0.4 is 5.32 Å². The van der Waals surface area contributed by atoms with E-state index in [-0.39, 0.29) is 0 Å². The average molecular weight is 226 g/mol. The van der Waals surface area contributed by atoms with Gasteiger partial charge >= 0.3 is 0 Å². The summed E-state index contributed by atoms with van der Waals surface area (Å²) in [6, 6.07) is 0.591. The average Bonchev–Trinajstić information content (AvgIpc) is 2.15. The molecule has 3 heteroatoms. The fraction of sp³-hybridized carbons (Fsp3) is 0.917. The summed E-state index contributed by atoms with van der Waals surface area (Å²) in [5, 5.41) is 4.67. The third kappa shape index (κ3) is 3.13. The van der Waals surface area contributed by atoms with Gasteiger partial charge in [-0.1, -0.05) is 37.9 Å². The van der Waals surface area contributed by atoms with Gasteiger partial charge in [-0.15, -0.1) is 0 Å². The minimum absolute atomic E-state index is 0.591. The quantitative estimate of drug-likeness (QED) is 0.800. The highest BCUT2D eigenvalue weighted by molar-refractivity contribution is 8.13. The van der Waals surface area contributed by atoms with Crippen LogP contribution in [0.3, 0.4) is 0 Å².